The molecule has 0 saturated carbocycles. The zero-order valence-corrected chi connectivity index (χ0v) is 15.8. The van der Waals surface area contributed by atoms with Gasteiger partial charge in [0.15, 0.2) is 0 Å². The quantitative estimate of drug-likeness (QED) is 0.234. The van der Waals surface area contributed by atoms with Crippen LogP contribution < -0.4 is 0 Å². The predicted molar refractivity (Wildman–Crippen MR) is 90.9 cm³/mol. The number of rotatable bonds is 12. The minimum Gasteiger partial charge on any atom is -0.759 e. The van der Waals surface area contributed by atoms with Crippen LogP contribution in [0.3, 0.4) is 0 Å². The summed E-state index contributed by atoms with van der Waals surface area (Å²) in [6, 6.07) is 0. The number of hydrogen-bond acceptors (Lipinski definition) is 4. The summed E-state index contributed by atoms with van der Waals surface area (Å²) < 4.78 is 35.3. The molecular weight excluding hydrogens is 302 g/mol. The first-order valence-electron chi connectivity index (χ1n) is 8.61. The molecule has 0 rings (SSSR count). The van der Waals surface area contributed by atoms with E-state index in [4.69, 9.17) is 17.5 Å². The number of unbranched alkanes of at least 4 members (excludes halogenated alkanes) is 8. The maximum absolute atomic E-state index is 8.52. The van der Waals surface area contributed by atoms with E-state index in [1.807, 2.05) is 0 Å². The molecule has 0 spiro atoms. The lowest BCUT2D eigenvalue weighted by Crippen LogP contribution is -2.41. The van der Waals surface area contributed by atoms with Crippen LogP contribution in [0.2, 0.25) is 0 Å². The van der Waals surface area contributed by atoms with E-state index in [1.165, 1.54) is 81.8 Å². The second kappa shape index (κ2) is 14.4. The fourth-order valence-corrected chi connectivity index (χ4v) is 2.40. The van der Waals surface area contributed by atoms with Crippen LogP contribution >= 0.6 is 0 Å². The van der Waals surface area contributed by atoms with E-state index in [2.05, 4.69) is 27.9 Å². The Morgan fingerprint density at radius 3 is 1.27 bits per heavy atom. The van der Waals surface area contributed by atoms with Gasteiger partial charge in [-0.3, -0.25) is 8.42 Å². The van der Waals surface area contributed by atoms with Gasteiger partial charge < -0.3 is 13.6 Å². The Bertz CT molecular complexity index is 311. The average molecular weight is 340 g/mol. The van der Waals surface area contributed by atoms with Crippen LogP contribution in [0.15, 0.2) is 0 Å². The van der Waals surface area contributed by atoms with Gasteiger partial charge in [-0.15, -0.1) is 0 Å². The number of nitrogens with zero attached hydrogens (tertiary/aromatic N) is 1. The standard InChI is InChI=1S/C16H36N.H2O4S/c1-5-7-9-11-13-15-17(3,4)16-14-12-10-8-6-2;1-5(2,3)4/h5-16H2,1-4H3;(H2,1,2,3,4)/q+1;/p-1. The molecule has 0 aromatic carbocycles. The van der Waals surface area contributed by atoms with Gasteiger partial charge in [0.25, 0.3) is 0 Å². The van der Waals surface area contributed by atoms with Crippen molar-refractivity contribution in [1.82, 2.24) is 0 Å². The lowest BCUT2D eigenvalue weighted by atomic mass is 10.1. The Hall–Kier alpha value is -0.170. The monoisotopic (exact) mass is 339 g/mol. The highest BCUT2D eigenvalue weighted by Crippen LogP contribution is 2.10. The van der Waals surface area contributed by atoms with Crippen LogP contribution in [0.1, 0.15) is 79.5 Å². The summed E-state index contributed by atoms with van der Waals surface area (Å²) in [4.78, 5) is 0. The Morgan fingerprint density at radius 1 is 0.727 bits per heavy atom. The second-order valence-electron chi connectivity index (χ2n) is 6.62. The summed E-state index contributed by atoms with van der Waals surface area (Å²) in [5.41, 5.74) is 0. The SMILES string of the molecule is CCCCCCC[N+](C)(C)CCCCCCC.O=S(=O)([O-])[O-].[H+]. The second-order valence-corrected chi connectivity index (χ2v) is 7.44. The predicted octanol–water partition coefficient (Wildman–Crippen LogP) is 3.78. The molecule has 0 fully saturated rings. The summed E-state index contributed by atoms with van der Waals surface area (Å²) in [5.74, 6) is 0. The van der Waals surface area contributed by atoms with Gasteiger partial charge in [0.1, 0.15) is 0 Å². The van der Waals surface area contributed by atoms with Crippen molar-refractivity contribution in [1.29, 1.82) is 0 Å². The van der Waals surface area contributed by atoms with E-state index in [-0.39, 0.29) is 1.43 Å². The Kier molecular flexibility index (Phi) is 15.8. The first-order valence-corrected chi connectivity index (χ1v) is 9.94. The third-order valence-electron chi connectivity index (χ3n) is 3.73. The highest BCUT2D eigenvalue weighted by Gasteiger charge is 2.13. The molecule has 22 heavy (non-hydrogen) atoms. The molecule has 0 saturated heterocycles. The number of quaternary nitrogens is 1. The molecule has 0 aliphatic rings. The summed E-state index contributed by atoms with van der Waals surface area (Å²) in [6.07, 6.45) is 14.1. The van der Waals surface area contributed by atoms with E-state index >= 15 is 0 Å². The van der Waals surface area contributed by atoms with Crippen molar-refractivity contribution in [2.45, 2.75) is 78.1 Å². The van der Waals surface area contributed by atoms with Crippen molar-refractivity contribution in [3.8, 4) is 0 Å². The smallest absolute Gasteiger partial charge is 0.759 e. The molecule has 6 heteroatoms. The molecule has 0 aromatic heterocycles. The third kappa shape index (κ3) is 28.1. The van der Waals surface area contributed by atoms with Crippen LogP contribution in [-0.4, -0.2) is 49.2 Å². The minimum absolute atomic E-state index is 0. The average Bonchev–Trinajstić information content (AvgIpc) is 2.36. The molecule has 0 aromatic rings. The molecule has 0 amide bonds. The lowest BCUT2D eigenvalue weighted by molar-refractivity contribution is -0.890. The van der Waals surface area contributed by atoms with Crippen molar-refractivity contribution in [2.24, 2.45) is 0 Å². The largest absolute Gasteiger partial charge is 1.00 e. The minimum atomic E-state index is -5.17. The van der Waals surface area contributed by atoms with Crippen LogP contribution in [-0.2, 0) is 10.4 Å². The van der Waals surface area contributed by atoms with Gasteiger partial charge in [-0.05, 0) is 25.7 Å². The highest BCUT2D eigenvalue weighted by atomic mass is 32.3. The lowest BCUT2D eigenvalue weighted by Gasteiger charge is -2.30. The topological polar surface area (TPSA) is 80.3 Å². The molecule has 0 radical (unpaired) electrons. The van der Waals surface area contributed by atoms with Gasteiger partial charge in [-0.1, -0.05) is 52.4 Å². The van der Waals surface area contributed by atoms with Gasteiger partial charge in [0.2, 0.25) is 0 Å². The van der Waals surface area contributed by atoms with Crippen LogP contribution in [0.25, 0.3) is 0 Å². The molecule has 0 unspecified atom stereocenters. The summed E-state index contributed by atoms with van der Waals surface area (Å²) >= 11 is 0. The van der Waals surface area contributed by atoms with E-state index in [0.29, 0.717) is 0 Å². The maximum Gasteiger partial charge on any atom is 1.00 e. The van der Waals surface area contributed by atoms with E-state index in [1.54, 1.807) is 0 Å². The van der Waals surface area contributed by atoms with Crippen molar-refractivity contribution < 1.29 is 23.4 Å². The van der Waals surface area contributed by atoms with Gasteiger partial charge in [-0.25, -0.2) is 0 Å². The normalized spacial score (nSPS) is 11.9. The first kappa shape index (κ1) is 24.1. The molecule has 0 aliphatic heterocycles. The Morgan fingerprint density at radius 2 is 1.00 bits per heavy atom. The van der Waals surface area contributed by atoms with Gasteiger partial charge in [-0.2, -0.15) is 0 Å². The molecule has 0 aliphatic carbocycles. The summed E-state index contributed by atoms with van der Waals surface area (Å²) in [6.45, 7) is 7.32. The van der Waals surface area contributed by atoms with Crippen molar-refractivity contribution in [3.63, 3.8) is 0 Å². The third-order valence-corrected chi connectivity index (χ3v) is 3.73. The maximum atomic E-state index is 8.52. The van der Waals surface area contributed by atoms with E-state index < -0.39 is 10.4 Å². The molecule has 0 bridgehead atoms. The molecule has 0 N–H and O–H groups in total. The molecule has 136 valence electrons. The molecule has 0 atom stereocenters. The fourth-order valence-electron chi connectivity index (χ4n) is 2.40. The zero-order chi connectivity index (χ0) is 17.5. The van der Waals surface area contributed by atoms with Crippen LogP contribution in [0.5, 0.6) is 0 Å². The molecule has 0 heterocycles. The molecular formula is C16H37NO4S. The summed E-state index contributed by atoms with van der Waals surface area (Å²) in [7, 11) is -0.362. The van der Waals surface area contributed by atoms with Crippen molar-refractivity contribution in [3.05, 3.63) is 0 Å². The molecule has 5 nitrogen and oxygen atoms in total. The van der Waals surface area contributed by atoms with Gasteiger partial charge in [0.05, 0.1) is 27.2 Å². The van der Waals surface area contributed by atoms with Crippen molar-refractivity contribution in [2.75, 3.05) is 27.2 Å². The highest BCUT2D eigenvalue weighted by molar-refractivity contribution is 7.79. The Labute approximate surface area is 139 Å². The summed E-state index contributed by atoms with van der Waals surface area (Å²) in [5, 5.41) is 0. The zero-order valence-electron chi connectivity index (χ0n) is 16.0. The van der Waals surface area contributed by atoms with Gasteiger partial charge in [0, 0.05) is 10.4 Å². The van der Waals surface area contributed by atoms with Gasteiger partial charge >= 0.3 is 1.43 Å². The van der Waals surface area contributed by atoms with E-state index in [9.17, 15) is 0 Å². The first-order chi connectivity index (χ1) is 10.1. The fraction of sp³-hybridized carbons (Fsp3) is 1.00. The van der Waals surface area contributed by atoms with Crippen LogP contribution in [0.4, 0.5) is 0 Å². The van der Waals surface area contributed by atoms with Crippen molar-refractivity contribution >= 4 is 10.4 Å². The Balaban J connectivity index is -0.000000578. The van der Waals surface area contributed by atoms with Crippen LogP contribution in [0, 0.1) is 0 Å². The van der Waals surface area contributed by atoms with E-state index in [0.717, 1.165) is 0 Å². The number of hydrogen-bond donors (Lipinski definition) is 0.